The van der Waals surface area contributed by atoms with Gasteiger partial charge in [-0.1, -0.05) is 15.9 Å². The van der Waals surface area contributed by atoms with Gasteiger partial charge in [0, 0.05) is 23.8 Å². The van der Waals surface area contributed by atoms with Crippen LogP contribution in [0.15, 0.2) is 22.7 Å². The lowest BCUT2D eigenvalue weighted by atomic mass is 10.2. The van der Waals surface area contributed by atoms with E-state index in [9.17, 15) is 4.79 Å². The van der Waals surface area contributed by atoms with Crippen molar-refractivity contribution in [1.82, 2.24) is 0 Å². The molecule has 0 bridgehead atoms. The molecule has 1 rings (SSSR count). The number of ether oxygens (including phenoxy) is 1. The molecule has 0 saturated carbocycles. The Hall–Kier alpha value is -1.07. The van der Waals surface area contributed by atoms with Crippen LogP contribution in [0, 0.1) is 0 Å². The first-order chi connectivity index (χ1) is 7.52. The molecule has 88 valence electrons. The quantitative estimate of drug-likeness (QED) is 0.874. The van der Waals surface area contributed by atoms with E-state index in [1.165, 1.54) is 0 Å². The minimum absolute atomic E-state index is 0.0762. The van der Waals surface area contributed by atoms with Crippen molar-refractivity contribution in [3.63, 3.8) is 0 Å². The Morgan fingerprint density at radius 3 is 2.81 bits per heavy atom. The molecule has 0 amide bonds. The van der Waals surface area contributed by atoms with Crippen LogP contribution < -0.4 is 5.32 Å². The number of nitrogens with one attached hydrogen (secondary N) is 1. The molecular weight excluding hydrogens is 274 g/mol. The molecule has 0 spiro atoms. The lowest BCUT2D eigenvalue weighted by Crippen LogP contribution is -2.18. The van der Waals surface area contributed by atoms with Crippen LogP contribution in [0.25, 0.3) is 0 Å². The zero-order valence-corrected chi connectivity index (χ0v) is 10.7. The van der Waals surface area contributed by atoms with Gasteiger partial charge in [-0.05, 0) is 25.1 Å². The predicted octanol–water partition coefficient (Wildman–Crippen LogP) is 2.59. The van der Waals surface area contributed by atoms with Crippen LogP contribution >= 0.6 is 15.9 Å². The molecule has 0 fully saturated rings. The largest absolute Gasteiger partial charge is 0.478 e. The predicted molar refractivity (Wildman–Crippen MR) is 66.1 cm³/mol. The molecule has 4 nitrogen and oxygen atoms in total. The Morgan fingerprint density at radius 2 is 2.25 bits per heavy atom. The van der Waals surface area contributed by atoms with Crippen molar-refractivity contribution in [1.29, 1.82) is 0 Å². The summed E-state index contributed by atoms with van der Waals surface area (Å²) < 4.78 is 5.83. The van der Waals surface area contributed by atoms with Gasteiger partial charge in [0.1, 0.15) is 0 Å². The highest BCUT2D eigenvalue weighted by Gasteiger charge is 2.06. The molecule has 2 N–H and O–H groups in total. The number of carbonyl (C=O) groups is 1. The van der Waals surface area contributed by atoms with E-state index in [1.54, 1.807) is 19.2 Å². The number of anilines is 1. The fourth-order valence-electron chi connectivity index (χ4n) is 1.16. The summed E-state index contributed by atoms with van der Waals surface area (Å²) in [4.78, 5) is 10.8. The van der Waals surface area contributed by atoms with Crippen LogP contribution in [0.2, 0.25) is 0 Å². The van der Waals surface area contributed by atoms with E-state index in [4.69, 9.17) is 9.84 Å². The number of carboxylic acids is 1. The van der Waals surface area contributed by atoms with Crippen LogP contribution in [-0.2, 0) is 4.74 Å². The molecule has 5 heteroatoms. The van der Waals surface area contributed by atoms with E-state index in [0.29, 0.717) is 6.54 Å². The average molecular weight is 288 g/mol. The molecule has 0 saturated heterocycles. The van der Waals surface area contributed by atoms with E-state index in [0.717, 1.165) is 10.2 Å². The van der Waals surface area contributed by atoms with Crippen LogP contribution in [0.5, 0.6) is 0 Å². The first-order valence-electron chi connectivity index (χ1n) is 4.83. The van der Waals surface area contributed by atoms with Crippen molar-refractivity contribution < 1.29 is 14.6 Å². The first-order valence-corrected chi connectivity index (χ1v) is 5.62. The van der Waals surface area contributed by atoms with Crippen molar-refractivity contribution in [2.45, 2.75) is 13.0 Å². The van der Waals surface area contributed by atoms with Gasteiger partial charge in [0.2, 0.25) is 0 Å². The number of halogens is 1. The van der Waals surface area contributed by atoms with Crippen molar-refractivity contribution in [2.24, 2.45) is 0 Å². The maximum absolute atomic E-state index is 10.8. The Balaban J connectivity index is 2.76. The van der Waals surface area contributed by atoms with E-state index in [-0.39, 0.29) is 11.7 Å². The SMILES string of the molecule is COC(C)CNc1cc(Br)cc(C(=O)O)c1. The summed E-state index contributed by atoms with van der Waals surface area (Å²) in [5, 5.41) is 12.0. The van der Waals surface area contributed by atoms with Crippen molar-refractivity contribution >= 4 is 27.6 Å². The summed E-state index contributed by atoms with van der Waals surface area (Å²) in [6, 6.07) is 4.98. The van der Waals surface area contributed by atoms with E-state index < -0.39 is 5.97 Å². The summed E-state index contributed by atoms with van der Waals surface area (Å²) in [7, 11) is 1.63. The highest BCUT2D eigenvalue weighted by atomic mass is 79.9. The van der Waals surface area contributed by atoms with Gasteiger partial charge >= 0.3 is 5.97 Å². The second-order valence-corrected chi connectivity index (χ2v) is 4.38. The summed E-state index contributed by atoms with van der Waals surface area (Å²) in [6.07, 6.45) is 0.0762. The van der Waals surface area contributed by atoms with Gasteiger partial charge in [0.15, 0.2) is 0 Å². The number of benzene rings is 1. The molecule has 1 atom stereocenters. The van der Waals surface area contributed by atoms with Crippen LogP contribution in [0.3, 0.4) is 0 Å². The van der Waals surface area contributed by atoms with E-state index in [2.05, 4.69) is 21.2 Å². The van der Waals surface area contributed by atoms with Gasteiger partial charge in [-0.15, -0.1) is 0 Å². The van der Waals surface area contributed by atoms with Gasteiger partial charge < -0.3 is 15.2 Å². The molecule has 0 radical (unpaired) electrons. The number of methoxy groups -OCH3 is 1. The first kappa shape index (κ1) is 13.0. The number of hydrogen-bond donors (Lipinski definition) is 2. The van der Waals surface area contributed by atoms with Gasteiger partial charge in [0.25, 0.3) is 0 Å². The maximum atomic E-state index is 10.8. The maximum Gasteiger partial charge on any atom is 0.335 e. The second kappa shape index (κ2) is 5.86. The van der Waals surface area contributed by atoms with Gasteiger partial charge in [-0.3, -0.25) is 0 Å². The van der Waals surface area contributed by atoms with E-state index >= 15 is 0 Å². The summed E-state index contributed by atoms with van der Waals surface area (Å²) >= 11 is 3.27. The molecule has 0 aliphatic heterocycles. The number of carboxylic acid groups (broad SMARTS) is 1. The highest BCUT2D eigenvalue weighted by Crippen LogP contribution is 2.19. The minimum Gasteiger partial charge on any atom is -0.478 e. The van der Waals surface area contributed by atoms with Crippen molar-refractivity contribution in [2.75, 3.05) is 19.0 Å². The topological polar surface area (TPSA) is 58.6 Å². The monoisotopic (exact) mass is 287 g/mol. The Labute approximate surface area is 103 Å². The summed E-state index contributed by atoms with van der Waals surface area (Å²) in [5.41, 5.74) is 1.01. The van der Waals surface area contributed by atoms with Crippen molar-refractivity contribution in [3.8, 4) is 0 Å². The molecule has 1 aromatic rings. The van der Waals surface area contributed by atoms with Crippen LogP contribution in [0.1, 0.15) is 17.3 Å². The molecular formula is C11H14BrNO3. The third-order valence-electron chi connectivity index (χ3n) is 2.14. The normalized spacial score (nSPS) is 12.2. The van der Waals surface area contributed by atoms with Gasteiger partial charge in [0.05, 0.1) is 11.7 Å². The second-order valence-electron chi connectivity index (χ2n) is 3.46. The Kier molecular flexibility index (Phi) is 4.76. The number of hydrogen-bond acceptors (Lipinski definition) is 3. The molecule has 16 heavy (non-hydrogen) atoms. The average Bonchev–Trinajstić information content (AvgIpc) is 2.25. The summed E-state index contributed by atoms with van der Waals surface area (Å²) in [6.45, 7) is 2.56. The summed E-state index contributed by atoms with van der Waals surface area (Å²) in [5.74, 6) is -0.941. The Morgan fingerprint density at radius 1 is 1.56 bits per heavy atom. The molecule has 0 aliphatic rings. The third kappa shape index (κ3) is 3.83. The van der Waals surface area contributed by atoms with E-state index in [1.807, 2.05) is 13.0 Å². The third-order valence-corrected chi connectivity index (χ3v) is 2.60. The van der Waals surface area contributed by atoms with Crippen LogP contribution in [0.4, 0.5) is 5.69 Å². The van der Waals surface area contributed by atoms with Crippen LogP contribution in [-0.4, -0.2) is 30.8 Å². The molecule has 1 aromatic carbocycles. The van der Waals surface area contributed by atoms with Crippen molar-refractivity contribution in [3.05, 3.63) is 28.2 Å². The van der Waals surface area contributed by atoms with Gasteiger partial charge in [-0.25, -0.2) is 4.79 Å². The highest BCUT2D eigenvalue weighted by molar-refractivity contribution is 9.10. The fraction of sp³-hybridized carbons (Fsp3) is 0.364. The number of aromatic carboxylic acids is 1. The lowest BCUT2D eigenvalue weighted by molar-refractivity contribution is 0.0697. The zero-order valence-electron chi connectivity index (χ0n) is 9.16. The zero-order chi connectivity index (χ0) is 12.1. The minimum atomic E-state index is -0.941. The number of rotatable bonds is 5. The Bertz CT molecular complexity index is 381. The lowest BCUT2D eigenvalue weighted by Gasteiger charge is -2.12. The smallest absolute Gasteiger partial charge is 0.335 e. The molecule has 0 aliphatic carbocycles. The van der Waals surface area contributed by atoms with Gasteiger partial charge in [-0.2, -0.15) is 0 Å². The molecule has 0 heterocycles. The fourth-order valence-corrected chi connectivity index (χ4v) is 1.65. The molecule has 1 unspecified atom stereocenters. The standard InChI is InChI=1S/C11H14BrNO3/c1-7(16-2)6-13-10-4-8(11(14)15)3-9(12)5-10/h3-5,7,13H,6H2,1-2H3,(H,14,15). The molecule has 0 aromatic heterocycles.